The molecule has 4 rings (SSSR count). The van der Waals surface area contributed by atoms with E-state index in [1.54, 1.807) is 6.20 Å². The summed E-state index contributed by atoms with van der Waals surface area (Å²) in [5, 5.41) is 6.53. The van der Waals surface area contributed by atoms with Gasteiger partial charge >= 0.3 is 0 Å². The molecule has 0 bridgehead atoms. The molecule has 3 heterocycles. The van der Waals surface area contributed by atoms with Gasteiger partial charge in [-0.25, -0.2) is 14.7 Å². The average molecular weight is 313 g/mol. The molecule has 7 heteroatoms. The first kappa shape index (κ1) is 14.2. The van der Waals surface area contributed by atoms with Crippen LogP contribution in [-0.4, -0.2) is 38.1 Å². The van der Waals surface area contributed by atoms with E-state index < -0.39 is 0 Å². The molecule has 2 aliphatic rings. The number of rotatable bonds is 3. The van der Waals surface area contributed by atoms with Crippen LogP contribution in [0.15, 0.2) is 12.3 Å². The molecule has 2 amide bonds. The van der Waals surface area contributed by atoms with Gasteiger partial charge in [0.05, 0.1) is 23.7 Å². The maximum atomic E-state index is 12.8. The summed E-state index contributed by atoms with van der Waals surface area (Å²) >= 11 is 0. The van der Waals surface area contributed by atoms with E-state index in [0.717, 1.165) is 29.6 Å². The Morgan fingerprint density at radius 2 is 2.17 bits per heavy atom. The number of nitrogens with one attached hydrogen (secondary N) is 1. The zero-order chi connectivity index (χ0) is 16.1. The largest absolute Gasteiger partial charge is 0.273 e. The Labute approximate surface area is 133 Å². The highest BCUT2D eigenvalue weighted by Gasteiger charge is 2.31. The van der Waals surface area contributed by atoms with Crippen molar-refractivity contribution in [3.05, 3.63) is 23.5 Å². The summed E-state index contributed by atoms with van der Waals surface area (Å²) in [6, 6.07) is 2.04. The average Bonchev–Trinajstić information content (AvgIpc) is 3.14. The lowest BCUT2D eigenvalue weighted by atomic mass is 10.1. The lowest BCUT2D eigenvalue weighted by Crippen LogP contribution is -2.38. The second-order valence-corrected chi connectivity index (χ2v) is 6.53. The lowest BCUT2D eigenvalue weighted by Gasteiger charge is -2.16. The maximum Gasteiger partial charge on any atom is 0.273 e. The number of carbonyl (C=O) groups excluding carboxylic acids is 2. The third-order valence-electron chi connectivity index (χ3n) is 4.37. The molecule has 1 saturated heterocycles. The van der Waals surface area contributed by atoms with Crippen LogP contribution in [0.2, 0.25) is 0 Å². The van der Waals surface area contributed by atoms with Crippen LogP contribution in [0.1, 0.15) is 61.1 Å². The molecule has 2 aromatic heterocycles. The van der Waals surface area contributed by atoms with E-state index in [4.69, 9.17) is 4.98 Å². The summed E-state index contributed by atoms with van der Waals surface area (Å²) in [6.45, 7) is 4.48. The fraction of sp³-hybridized carbons (Fsp3) is 0.500. The Hall–Kier alpha value is -2.44. The van der Waals surface area contributed by atoms with Crippen molar-refractivity contribution in [3.8, 4) is 0 Å². The van der Waals surface area contributed by atoms with Gasteiger partial charge in [0, 0.05) is 24.1 Å². The van der Waals surface area contributed by atoms with Crippen molar-refractivity contribution in [3.63, 3.8) is 0 Å². The Kier molecular flexibility index (Phi) is 3.11. The van der Waals surface area contributed by atoms with E-state index in [0.29, 0.717) is 24.4 Å². The van der Waals surface area contributed by atoms with Crippen molar-refractivity contribution in [1.82, 2.24) is 25.2 Å². The number of carbonyl (C=O) groups is 2. The Bertz CT molecular complexity index is 806. The van der Waals surface area contributed by atoms with Gasteiger partial charge in [0.25, 0.3) is 5.91 Å². The van der Waals surface area contributed by atoms with Crippen LogP contribution in [0.5, 0.6) is 0 Å². The molecule has 1 aliphatic carbocycles. The van der Waals surface area contributed by atoms with Crippen LogP contribution in [0.3, 0.4) is 0 Å². The summed E-state index contributed by atoms with van der Waals surface area (Å²) < 4.78 is 1.85. The molecular formula is C16H19N5O2. The third-order valence-corrected chi connectivity index (χ3v) is 4.37. The van der Waals surface area contributed by atoms with E-state index in [-0.39, 0.29) is 17.9 Å². The van der Waals surface area contributed by atoms with Crippen molar-refractivity contribution in [2.45, 2.75) is 45.1 Å². The van der Waals surface area contributed by atoms with Crippen molar-refractivity contribution in [2.75, 3.05) is 6.54 Å². The van der Waals surface area contributed by atoms with Crippen LogP contribution in [0, 0.1) is 0 Å². The molecule has 23 heavy (non-hydrogen) atoms. The Balaban J connectivity index is 1.84. The van der Waals surface area contributed by atoms with Crippen LogP contribution in [0.25, 0.3) is 11.0 Å². The number of pyridine rings is 1. The van der Waals surface area contributed by atoms with Crippen LogP contribution >= 0.6 is 0 Å². The molecule has 0 spiro atoms. The first-order valence-electron chi connectivity index (χ1n) is 8.04. The van der Waals surface area contributed by atoms with Gasteiger partial charge in [-0.2, -0.15) is 5.10 Å². The van der Waals surface area contributed by atoms with Crippen LogP contribution in [0.4, 0.5) is 0 Å². The summed E-state index contributed by atoms with van der Waals surface area (Å²) in [6.07, 6.45) is 4.27. The number of hydrazine groups is 1. The predicted molar refractivity (Wildman–Crippen MR) is 83.7 cm³/mol. The van der Waals surface area contributed by atoms with E-state index in [9.17, 15) is 9.59 Å². The van der Waals surface area contributed by atoms with Gasteiger partial charge in [-0.1, -0.05) is 0 Å². The first-order valence-corrected chi connectivity index (χ1v) is 8.04. The van der Waals surface area contributed by atoms with E-state index in [1.807, 2.05) is 24.6 Å². The number of nitrogens with zero attached hydrogens (tertiary/aromatic N) is 4. The van der Waals surface area contributed by atoms with Gasteiger partial charge in [0.2, 0.25) is 5.91 Å². The molecular weight excluding hydrogens is 294 g/mol. The second-order valence-electron chi connectivity index (χ2n) is 6.53. The van der Waals surface area contributed by atoms with Gasteiger partial charge in [-0.05, 0) is 32.8 Å². The van der Waals surface area contributed by atoms with Crippen molar-refractivity contribution in [1.29, 1.82) is 0 Å². The topological polar surface area (TPSA) is 80.1 Å². The molecule has 120 valence electrons. The Morgan fingerprint density at radius 1 is 1.39 bits per heavy atom. The molecule has 2 fully saturated rings. The number of fused-ring (bicyclic) bond motifs is 1. The molecule has 1 aliphatic heterocycles. The highest BCUT2D eigenvalue weighted by Crippen LogP contribution is 2.40. The minimum absolute atomic E-state index is 0.121. The lowest BCUT2D eigenvalue weighted by molar-refractivity contribution is -0.120. The summed E-state index contributed by atoms with van der Waals surface area (Å²) in [5.41, 5.74) is 4.88. The first-order chi connectivity index (χ1) is 11.0. The van der Waals surface area contributed by atoms with Gasteiger partial charge < -0.3 is 0 Å². The molecule has 1 N–H and O–H groups in total. The molecule has 0 unspecified atom stereocenters. The van der Waals surface area contributed by atoms with Gasteiger partial charge in [0.1, 0.15) is 0 Å². The SMILES string of the molecule is CC(C)n1ncc2c(C(=O)N3CCC(=O)N3)cc(C3CC3)nc21. The number of hydrogen-bond acceptors (Lipinski definition) is 4. The highest BCUT2D eigenvalue weighted by atomic mass is 16.2. The molecule has 1 saturated carbocycles. The summed E-state index contributed by atoms with van der Waals surface area (Å²) in [5.74, 6) is 0.132. The number of amides is 2. The smallest absolute Gasteiger partial charge is 0.273 e. The van der Waals surface area contributed by atoms with Crippen molar-refractivity contribution >= 4 is 22.8 Å². The zero-order valence-electron chi connectivity index (χ0n) is 13.2. The standard InChI is InChI=1S/C16H19N5O2/c1-9(2)21-15-12(8-17-21)11(7-13(18-15)10-3-4-10)16(23)20-6-5-14(22)19-20/h7-10H,3-6H2,1-2H3,(H,19,22). The van der Waals surface area contributed by atoms with Gasteiger partial charge in [-0.3, -0.25) is 15.0 Å². The normalized spacial score (nSPS) is 18.0. The molecule has 7 nitrogen and oxygen atoms in total. The van der Waals surface area contributed by atoms with Gasteiger partial charge in [-0.15, -0.1) is 0 Å². The molecule has 0 atom stereocenters. The number of hydrogen-bond donors (Lipinski definition) is 1. The summed E-state index contributed by atoms with van der Waals surface area (Å²) in [7, 11) is 0. The van der Waals surface area contributed by atoms with Crippen LogP contribution in [-0.2, 0) is 4.79 Å². The monoisotopic (exact) mass is 313 g/mol. The third kappa shape index (κ3) is 2.36. The maximum absolute atomic E-state index is 12.8. The Morgan fingerprint density at radius 3 is 2.78 bits per heavy atom. The fourth-order valence-electron chi connectivity index (χ4n) is 2.95. The predicted octanol–water partition coefficient (Wildman–Crippen LogP) is 1.77. The van der Waals surface area contributed by atoms with Crippen molar-refractivity contribution < 1.29 is 9.59 Å². The van der Waals surface area contributed by atoms with E-state index in [1.165, 1.54) is 5.01 Å². The minimum atomic E-state index is -0.187. The number of aromatic nitrogens is 3. The van der Waals surface area contributed by atoms with E-state index >= 15 is 0 Å². The quantitative estimate of drug-likeness (QED) is 0.936. The molecule has 2 aromatic rings. The van der Waals surface area contributed by atoms with E-state index in [2.05, 4.69) is 10.5 Å². The zero-order valence-corrected chi connectivity index (χ0v) is 13.2. The second kappa shape index (κ2) is 5.04. The van der Waals surface area contributed by atoms with Gasteiger partial charge in [0.15, 0.2) is 5.65 Å². The highest BCUT2D eigenvalue weighted by molar-refractivity contribution is 6.06. The van der Waals surface area contributed by atoms with Crippen molar-refractivity contribution in [2.24, 2.45) is 0 Å². The molecule has 0 radical (unpaired) electrons. The fourth-order valence-corrected chi connectivity index (χ4v) is 2.95. The molecule has 0 aromatic carbocycles. The van der Waals surface area contributed by atoms with Crippen LogP contribution < -0.4 is 5.43 Å². The summed E-state index contributed by atoms with van der Waals surface area (Å²) in [4.78, 5) is 29.0. The minimum Gasteiger partial charge on any atom is -0.273 e.